The highest BCUT2D eigenvalue weighted by atomic mass is 79.9. The number of Topliss-reactive ketones (excluding diaryl/α,β-unsaturated/α-hetero) is 1. The van der Waals surface area contributed by atoms with Gasteiger partial charge in [0.1, 0.15) is 0 Å². The maximum absolute atomic E-state index is 11.9. The van der Waals surface area contributed by atoms with Gasteiger partial charge >= 0.3 is 5.97 Å². The van der Waals surface area contributed by atoms with Crippen molar-refractivity contribution in [3.63, 3.8) is 0 Å². The second kappa shape index (κ2) is 5.89. The number of alkyl halides is 1. The Hall–Kier alpha value is -1.80. The Morgan fingerprint density at radius 1 is 1.42 bits per heavy atom. The third kappa shape index (κ3) is 3.15. The van der Waals surface area contributed by atoms with Crippen molar-refractivity contribution in [1.82, 2.24) is 0 Å². The Labute approximate surface area is 116 Å². The molecule has 0 aromatic heterocycles. The molecule has 0 bridgehead atoms. The number of carboxylic acid groups (broad SMARTS) is 1. The Balaban J connectivity index is 3.55. The number of hydrogen-bond donors (Lipinski definition) is 2. The third-order valence-corrected chi connectivity index (χ3v) is 2.83. The number of carbonyl (C=O) groups excluding carboxylic acids is 1. The fraction of sp³-hybridized carbons (Fsp3) is 0.273. The van der Waals surface area contributed by atoms with Gasteiger partial charge in [-0.1, -0.05) is 28.1 Å². The van der Waals surface area contributed by atoms with Crippen LogP contribution in [0.4, 0.5) is 5.69 Å². The van der Waals surface area contributed by atoms with Gasteiger partial charge in [0.25, 0.3) is 5.69 Å². The van der Waals surface area contributed by atoms with Crippen LogP contribution < -0.4 is 0 Å². The van der Waals surface area contributed by atoms with E-state index in [2.05, 4.69) is 15.9 Å². The molecule has 2 N–H and O–H groups in total. The molecule has 1 rings (SSSR count). The molecule has 2 atom stereocenters. The van der Waals surface area contributed by atoms with Crippen molar-refractivity contribution >= 4 is 33.4 Å². The molecule has 7 nitrogen and oxygen atoms in total. The number of rotatable bonds is 5. The first-order valence-corrected chi connectivity index (χ1v) is 6.05. The summed E-state index contributed by atoms with van der Waals surface area (Å²) in [5, 5.41) is 29.2. The van der Waals surface area contributed by atoms with Crippen LogP contribution in [0.3, 0.4) is 0 Å². The molecule has 1 aromatic carbocycles. The summed E-state index contributed by atoms with van der Waals surface area (Å²) in [7, 11) is 0. The molecule has 0 saturated heterocycles. The van der Waals surface area contributed by atoms with Crippen LogP contribution in [-0.2, 0) is 4.79 Å². The first-order valence-electron chi connectivity index (χ1n) is 5.13. The number of benzene rings is 1. The van der Waals surface area contributed by atoms with E-state index in [9.17, 15) is 24.8 Å². The third-order valence-electron chi connectivity index (χ3n) is 2.41. The number of aliphatic hydroxyl groups is 1. The summed E-state index contributed by atoms with van der Waals surface area (Å²) < 4.78 is 0. The first-order chi connectivity index (χ1) is 8.77. The number of hydrogen-bond acceptors (Lipinski definition) is 5. The molecule has 0 amide bonds. The normalized spacial score (nSPS) is 13.6. The number of aliphatic carboxylic acids is 1. The van der Waals surface area contributed by atoms with E-state index in [4.69, 9.17) is 5.11 Å². The Morgan fingerprint density at radius 2 is 2.00 bits per heavy atom. The first kappa shape index (κ1) is 15.3. The average Bonchev–Trinajstić information content (AvgIpc) is 2.35. The molecule has 8 heteroatoms. The number of nitro groups is 1. The van der Waals surface area contributed by atoms with Crippen LogP contribution in [0.15, 0.2) is 18.2 Å². The summed E-state index contributed by atoms with van der Waals surface area (Å²) in [5.41, 5.74) is -1.29. The molecule has 0 heterocycles. The largest absolute Gasteiger partial charge is 0.479 e. The van der Waals surface area contributed by atoms with E-state index in [1.165, 1.54) is 19.1 Å². The van der Waals surface area contributed by atoms with Gasteiger partial charge in [0.05, 0.1) is 15.3 Å². The van der Waals surface area contributed by atoms with E-state index < -0.39 is 38.9 Å². The molecule has 0 fully saturated rings. The lowest BCUT2D eigenvalue weighted by molar-refractivity contribution is -0.386. The average molecular weight is 332 g/mol. The molecule has 2 unspecified atom stereocenters. The van der Waals surface area contributed by atoms with Crippen molar-refractivity contribution < 1.29 is 24.7 Å². The maximum Gasteiger partial charge on any atom is 0.337 e. The zero-order chi connectivity index (χ0) is 14.7. The van der Waals surface area contributed by atoms with Crippen LogP contribution in [0.5, 0.6) is 0 Å². The number of carboxylic acids is 1. The van der Waals surface area contributed by atoms with Crippen molar-refractivity contribution in [2.24, 2.45) is 0 Å². The van der Waals surface area contributed by atoms with Crippen molar-refractivity contribution in [2.45, 2.75) is 17.9 Å². The molecule has 0 aliphatic heterocycles. The lowest BCUT2D eigenvalue weighted by Gasteiger charge is -2.12. The topological polar surface area (TPSA) is 118 Å². The number of ketones is 1. The maximum atomic E-state index is 11.9. The fourth-order valence-electron chi connectivity index (χ4n) is 1.55. The molecule has 19 heavy (non-hydrogen) atoms. The minimum absolute atomic E-state index is 0.187. The highest BCUT2D eigenvalue weighted by Crippen LogP contribution is 2.30. The summed E-state index contributed by atoms with van der Waals surface area (Å²) in [4.78, 5) is 32.1. The van der Waals surface area contributed by atoms with Gasteiger partial charge in [0.2, 0.25) is 0 Å². The molecule has 0 spiro atoms. The molecule has 0 aliphatic carbocycles. The number of nitrogens with zero attached hydrogens (tertiary/aromatic N) is 1. The minimum atomic E-state index is -2.13. The summed E-state index contributed by atoms with van der Waals surface area (Å²) in [5.74, 6) is -2.20. The van der Waals surface area contributed by atoms with Gasteiger partial charge in [0, 0.05) is 11.6 Å². The van der Waals surface area contributed by atoms with Crippen LogP contribution in [-0.4, -0.2) is 31.7 Å². The second-order valence-electron chi connectivity index (χ2n) is 3.72. The Bertz CT molecular complexity index is 542. The minimum Gasteiger partial charge on any atom is -0.479 e. The fourth-order valence-corrected chi connectivity index (χ4v) is 1.80. The van der Waals surface area contributed by atoms with Crippen molar-refractivity contribution in [1.29, 1.82) is 0 Å². The quantitative estimate of drug-likeness (QED) is 0.367. The van der Waals surface area contributed by atoms with Crippen LogP contribution in [0.25, 0.3) is 0 Å². The summed E-state index contributed by atoms with van der Waals surface area (Å²) in [6, 6.07) is 3.55. The summed E-state index contributed by atoms with van der Waals surface area (Å²) in [6.45, 7) is 1.50. The number of aliphatic hydroxyl groups excluding tert-OH is 1. The van der Waals surface area contributed by atoms with Gasteiger partial charge in [-0.15, -0.1) is 0 Å². The van der Waals surface area contributed by atoms with Gasteiger partial charge in [-0.25, -0.2) is 4.79 Å². The van der Waals surface area contributed by atoms with Gasteiger partial charge < -0.3 is 10.2 Å². The van der Waals surface area contributed by atoms with Crippen LogP contribution in [0.1, 0.15) is 28.9 Å². The van der Waals surface area contributed by atoms with E-state index in [1.807, 2.05) is 0 Å². The van der Waals surface area contributed by atoms with E-state index >= 15 is 0 Å². The van der Waals surface area contributed by atoms with Crippen molar-refractivity contribution in [2.75, 3.05) is 0 Å². The lowest BCUT2D eigenvalue weighted by Crippen LogP contribution is -2.20. The van der Waals surface area contributed by atoms with E-state index in [0.717, 1.165) is 6.07 Å². The molecular formula is C11H10BrNO6. The Kier molecular flexibility index (Phi) is 4.73. The van der Waals surface area contributed by atoms with Gasteiger partial charge in [-0.05, 0) is 6.92 Å². The molecule has 0 aliphatic rings. The van der Waals surface area contributed by atoms with Gasteiger partial charge in [-0.3, -0.25) is 14.9 Å². The van der Waals surface area contributed by atoms with E-state index in [0.29, 0.717) is 0 Å². The smallest absolute Gasteiger partial charge is 0.337 e. The second-order valence-corrected chi connectivity index (χ2v) is 5.09. The van der Waals surface area contributed by atoms with E-state index in [-0.39, 0.29) is 5.56 Å². The number of carbonyl (C=O) groups is 2. The highest BCUT2D eigenvalue weighted by Gasteiger charge is 2.31. The summed E-state index contributed by atoms with van der Waals surface area (Å²) in [6.07, 6.45) is -2.13. The number of nitro benzene ring substituents is 1. The molecule has 0 saturated carbocycles. The van der Waals surface area contributed by atoms with Crippen molar-refractivity contribution in [3.05, 3.63) is 39.4 Å². The van der Waals surface area contributed by atoms with Crippen LogP contribution >= 0.6 is 15.9 Å². The highest BCUT2D eigenvalue weighted by molar-refractivity contribution is 9.10. The molecule has 0 radical (unpaired) electrons. The Morgan fingerprint density at radius 3 is 2.42 bits per heavy atom. The molecular weight excluding hydrogens is 322 g/mol. The van der Waals surface area contributed by atoms with Gasteiger partial charge in [-0.2, -0.15) is 0 Å². The van der Waals surface area contributed by atoms with E-state index in [1.54, 1.807) is 0 Å². The lowest BCUT2D eigenvalue weighted by atomic mass is 9.96. The van der Waals surface area contributed by atoms with Gasteiger partial charge in [0.15, 0.2) is 11.9 Å². The molecule has 102 valence electrons. The van der Waals surface area contributed by atoms with Crippen molar-refractivity contribution in [3.8, 4) is 0 Å². The van der Waals surface area contributed by atoms with Crippen LogP contribution in [0.2, 0.25) is 0 Å². The molecule has 1 aromatic rings. The SMILES string of the molecule is CC(Br)C(=O)c1cccc([N+](=O)[O-])c1C(O)C(=O)O. The zero-order valence-electron chi connectivity index (χ0n) is 9.74. The zero-order valence-corrected chi connectivity index (χ0v) is 11.3. The standard InChI is InChI=1S/C11H10BrNO6/c1-5(12)9(14)6-3-2-4-7(13(18)19)8(6)10(15)11(16)17/h2-5,10,15H,1H3,(H,16,17). The monoisotopic (exact) mass is 331 g/mol. The van der Waals surface area contributed by atoms with Crippen LogP contribution in [0, 0.1) is 10.1 Å². The predicted octanol–water partition coefficient (Wildman–Crippen LogP) is 1.68. The number of halogens is 1. The summed E-state index contributed by atoms with van der Waals surface area (Å²) >= 11 is 3.01. The predicted molar refractivity (Wildman–Crippen MR) is 68.4 cm³/mol.